The summed E-state index contributed by atoms with van der Waals surface area (Å²) < 4.78 is 5.53. The molecule has 0 aliphatic rings. The van der Waals surface area contributed by atoms with Crippen molar-refractivity contribution < 1.29 is 4.42 Å². The van der Waals surface area contributed by atoms with Gasteiger partial charge in [0.25, 0.3) is 0 Å². The number of guanidine groups is 1. The van der Waals surface area contributed by atoms with E-state index in [1.807, 2.05) is 32.3 Å². The van der Waals surface area contributed by atoms with Crippen LogP contribution in [0.25, 0.3) is 0 Å². The first-order valence-electron chi connectivity index (χ1n) is 8.42. The van der Waals surface area contributed by atoms with Crippen LogP contribution in [-0.2, 0) is 6.42 Å². The predicted octanol–water partition coefficient (Wildman–Crippen LogP) is 3.35. The molecule has 0 fully saturated rings. The van der Waals surface area contributed by atoms with Crippen molar-refractivity contribution in [3.63, 3.8) is 0 Å². The van der Waals surface area contributed by atoms with E-state index in [0.29, 0.717) is 11.7 Å². The Morgan fingerprint density at radius 3 is 2.69 bits per heavy atom. The van der Waals surface area contributed by atoms with Crippen LogP contribution in [0.4, 0.5) is 0 Å². The number of hydrogen-bond donors (Lipinski definition) is 2. The number of hydrogen-bond acceptors (Lipinski definition) is 4. The summed E-state index contributed by atoms with van der Waals surface area (Å²) in [4.78, 5) is 10.9. The number of halogens is 2. The molecule has 0 saturated heterocycles. The third-order valence-corrected chi connectivity index (χ3v) is 3.98. The van der Waals surface area contributed by atoms with Gasteiger partial charge in [-0.25, -0.2) is 4.98 Å². The number of likely N-dealkylation sites (N-methyl/N-ethyl adjacent to an activating group) is 1. The molecule has 8 heteroatoms. The Labute approximate surface area is 177 Å². The number of rotatable bonds is 8. The normalized spacial score (nSPS) is 12.6. The summed E-state index contributed by atoms with van der Waals surface area (Å²) in [7, 11) is 4.05. The molecule has 144 valence electrons. The van der Waals surface area contributed by atoms with Crippen molar-refractivity contribution in [3.05, 3.63) is 53.2 Å². The van der Waals surface area contributed by atoms with Crippen molar-refractivity contribution in [2.45, 2.75) is 19.4 Å². The van der Waals surface area contributed by atoms with E-state index in [-0.39, 0.29) is 30.0 Å². The Morgan fingerprint density at radius 2 is 2.12 bits per heavy atom. The molecule has 0 aromatic carbocycles. The smallest absolute Gasteiger partial charge is 0.191 e. The lowest BCUT2D eigenvalue weighted by atomic mass is 10.2. The number of furan rings is 1. The summed E-state index contributed by atoms with van der Waals surface area (Å²) in [5, 5.41) is 7.14. The molecule has 26 heavy (non-hydrogen) atoms. The minimum atomic E-state index is 0. The molecule has 0 aliphatic carbocycles. The highest BCUT2D eigenvalue weighted by molar-refractivity contribution is 14.0. The Balaban J connectivity index is 0.00000338. The monoisotopic (exact) mass is 491 g/mol. The van der Waals surface area contributed by atoms with Crippen LogP contribution in [0.3, 0.4) is 0 Å². The largest absolute Gasteiger partial charge is 0.468 e. The summed E-state index contributed by atoms with van der Waals surface area (Å²) in [5.74, 6) is 1.71. The zero-order chi connectivity index (χ0) is 18.1. The molecule has 2 aromatic rings. The second-order valence-corrected chi connectivity index (χ2v) is 6.27. The van der Waals surface area contributed by atoms with E-state index >= 15 is 0 Å². The minimum absolute atomic E-state index is 0. The lowest BCUT2D eigenvalue weighted by Gasteiger charge is -2.21. The molecule has 1 atom stereocenters. The maximum absolute atomic E-state index is 5.81. The summed E-state index contributed by atoms with van der Waals surface area (Å²) in [6.45, 7) is 4.23. The van der Waals surface area contributed by atoms with Gasteiger partial charge in [-0.2, -0.15) is 0 Å². The van der Waals surface area contributed by atoms with Crippen molar-refractivity contribution in [2.75, 3.05) is 33.7 Å². The van der Waals surface area contributed by atoms with Crippen LogP contribution in [0.1, 0.15) is 24.3 Å². The molecule has 6 nitrogen and oxygen atoms in total. The van der Waals surface area contributed by atoms with Crippen molar-refractivity contribution in [2.24, 2.45) is 4.99 Å². The lowest BCUT2D eigenvalue weighted by molar-refractivity contribution is 0.265. The van der Waals surface area contributed by atoms with Gasteiger partial charge in [-0.15, -0.1) is 24.0 Å². The Kier molecular flexibility index (Phi) is 10.6. The number of aliphatic imine (C=N–C) groups is 1. The third-order valence-electron chi connectivity index (χ3n) is 3.76. The average Bonchev–Trinajstić information content (AvgIpc) is 3.10. The molecule has 0 spiro atoms. The van der Waals surface area contributed by atoms with Crippen LogP contribution in [0.2, 0.25) is 5.15 Å². The zero-order valence-corrected chi connectivity index (χ0v) is 18.5. The first-order chi connectivity index (χ1) is 12.1. The van der Waals surface area contributed by atoms with Gasteiger partial charge in [0.1, 0.15) is 10.9 Å². The fourth-order valence-corrected chi connectivity index (χ4v) is 2.50. The Bertz CT molecular complexity index is 646. The van der Waals surface area contributed by atoms with Crippen LogP contribution in [0.15, 0.2) is 46.1 Å². The van der Waals surface area contributed by atoms with Gasteiger partial charge in [-0.3, -0.25) is 9.89 Å². The van der Waals surface area contributed by atoms with Gasteiger partial charge in [-0.05, 0) is 51.2 Å². The second kappa shape index (κ2) is 12.1. The number of nitrogens with zero attached hydrogens (tertiary/aromatic N) is 3. The topological polar surface area (TPSA) is 65.7 Å². The Morgan fingerprint density at radius 1 is 1.31 bits per heavy atom. The quantitative estimate of drug-likeness (QED) is 0.257. The van der Waals surface area contributed by atoms with E-state index in [2.05, 4.69) is 27.4 Å². The van der Waals surface area contributed by atoms with Crippen molar-refractivity contribution in [3.8, 4) is 0 Å². The highest BCUT2D eigenvalue weighted by atomic mass is 127. The SMILES string of the molecule is CCNC(=NCC(c1ccco1)N(C)C)NCCc1ccc(Cl)nc1.I. The summed E-state index contributed by atoms with van der Waals surface area (Å²) >= 11 is 5.81. The van der Waals surface area contributed by atoms with Crippen LogP contribution >= 0.6 is 35.6 Å². The molecule has 0 saturated carbocycles. The predicted molar refractivity (Wildman–Crippen MR) is 117 cm³/mol. The number of nitrogens with one attached hydrogen (secondary N) is 2. The summed E-state index contributed by atoms with van der Waals surface area (Å²) in [6, 6.07) is 7.78. The first-order valence-corrected chi connectivity index (χ1v) is 8.80. The molecular weight excluding hydrogens is 465 g/mol. The van der Waals surface area contributed by atoms with Gasteiger partial charge in [0.15, 0.2) is 5.96 Å². The van der Waals surface area contributed by atoms with Crippen LogP contribution in [0.5, 0.6) is 0 Å². The second-order valence-electron chi connectivity index (χ2n) is 5.88. The van der Waals surface area contributed by atoms with Crippen LogP contribution in [-0.4, -0.2) is 49.6 Å². The standard InChI is InChI=1S/C18H26ClN5O.HI/c1-4-20-18(21-10-9-14-7-8-17(19)22-12-14)23-13-15(24(2)3)16-6-5-11-25-16;/h5-8,11-12,15H,4,9-10,13H2,1-3H3,(H2,20,21,23);1H. The zero-order valence-electron chi connectivity index (χ0n) is 15.4. The molecule has 2 rings (SSSR count). The molecule has 2 aromatic heterocycles. The van der Waals surface area contributed by atoms with E-state index in [0.717, 1.165) is 36.8 Å². The highest BCUT2D eigenvalue weighted by Crippen LogP contribution is 2.18. The molecule has 0 amide bonds. The van der Waals surface area contributed by atoms with Gasteiger partial charge in [0.2, 0.25) is 0 Å². The van der Waals surface area contributed by atoms with Gasteiger partial charge >= 0.3 is 0 Å². The molecule has 0 aliphatic heterocycles. The highest BCUT2D eigenvalue weighted by Gasteiger charge is 2.16. The summed E-state index contributed by atoms with van der Waals surface area (Å²) in [6.07, 6.45) is 4.34. The van der Waals surface area contributed by atoms with E-state index in [1.165, 1.54) is 0 Å². The number of pyridine rings is 1. The third kappa shape index (κ3) is 7.51. The average molecular weight is 492 g/mol. The molecular formula is C18H27ClIN5O. The van der Waals surface area contributed by atoms with Gasteiger partial charge in [0.05, 0.1) is 18.8 Å². The van der Waals surface area contributed by atoms with Gasteiger partial charge in [-0.1, -0.05) is 17.7 Å². The van der Waals surface area contributed by atoms with E-state index in [9.17, 15) is 0 Å². The fourth-order valence-electron chi connectivity index (χ4n) is 2.39. The van der Waals surface area contributed by atoms with Gasteiger partial charge < -0.3 is 15.1 Å². The summed E-state index contributed by atoms with van der Waals surface area (Å²) in [5.41, 5.74) is 1.13. The van der Waals surface area contributed by atoms with Crippen LogP contribution < -0.4 is 10.6 Å². The first kappa shape index (κ1) is 22.7. The lowest BCUT2D eigenvalue weighted by Crippen LogP contribution is -2.39. The molecule has 0 radical (unpaired) electrons. The molecule has 1 unspecified atom stereocenters. The van der Waals surface area contributed by atoms with E-state index < -0.39 is 0 Å². The molecule has 2 heterocycles. The molecule has 0 bridgehead atoms. The number of aromatic nitrogens is 1. The van der Waals surface area contributed by atoms with E-state index in [1.54, 1.807) is 18.5 Å². The van der Waals surface area contributed by atoms with Gasteiger partial charge in [0, 0.05) is 19.3 Å². The molecule has 2 N–H and O–H groups in total. The van der Waals surface area contributed by atoms with Crippen LogP contribution in [0, 0.1) is 0 Å². The van der Waals surface area contributed by atoms with Crippen molar-refractivity contribution in [1.82, 2.24) is 20.5 Å². The minimum Gasteiger partial charge on any atom is -0.468 e. The van der Waals surface area contributed by atoms with E-state index in [4.69, 9.17) is 21.0 Å². The fraction of sp³-hybridized carbons (Fsp3) is 0.444. The maximum atomic E-state index is 5.81. The van der Waals surface area contributed by atoms with Crippen molar-refractivity contribution >= 4 is 41.5 Å². The maximum Gasteiger partial charge on any atom is 0.191 e. The Hall–Kier alpha value is -1.32. The van der Waals surface area contributed by atoms with Crippen molar-refractivity contribution in [1.29, 1.82) is 0 Å².